The van der Waals surface area contributed by atoms with Crippen molar-refractivity contribution in [3.05, 3.63) is 35.9 Å². The van der Waals surface area contributed by atoms with Gasteiger partial charge in [0.1, 0.15) is 12.1 Å². The fraction of sp³-hybridized carbons (Fsp3) is 0.474. The second-order valence-corrected chi connectivity index (χ2v) is 6.69. The van der Waals surface area contributed by atoms with E-state index in [2.05, 4.69) is 10.6 Å². The minimum absolute atomic E-state index is 0.240. The van der Waals surface area contributed by atoms with Gasteiger partial charge in [0.15, 0.2) is 0 Å². The molecule has 0 radical (unpaired) electrons. The Morgan fingerprint density at radius 3 is 2.00 bits per heavy atom. The molecule has 0 aliphatic carbocycles. The lowest BCUT2D eigenvalue weighted by atomic mass is 9.97. The molecule has 1 aromatic rings. The van der Waals surface area contributed by atoms with Crippen LogP contribution in [0.2, 0.25) is 0 Å². The van der Waals surface area contributed by atoms with Gasteiger partial charge in [0.05, 0.1) is 5.92 Å². The van der Waals surface area contributed by atoms with Gasteiger partial charge in [-0.25, -0.2) is 4.79 Å². The van der Waals surface area contributed by atoms with Crippen LogP contribution in [0.1, 0.15) is 45.1 Å². The molecule has 1 rings (SSSR count). The molecular formula is C19H26N2O6. The van der Waals surface area contributed by atoms with Crippen molar-refractivity contribution >= 4 is 23.8 Å². The molecule has 27 heavy (non-hydrogen) atoms. The number of benzene rings is 1. The zero-order valence-electron chi connectivity index (χ0n) is 15.6. The van der Waals surface area contributed by atoms with Crippen LogP contribution in [0, 0.1) is 5.92 Å². The maximum Gasteiger partial charge on any atom is 0.326 e. The number of carboxylic acids is 2. The zero-order chi connectivity index (χ0) is 20.6. The highest BCUT2D eigenvalue weighted by atomic mass is 16.4. The van der Waals surface area contributed by atoms with Gasteiger partial charge in [0.25, 0.3) is 0 Å². The first kappa shape index (κ1) is 22.1. The number of amides is 2. The summed E-state index contributed by atoms with van der Waals surface area (Å²) in [6.45, 7) is 5.17. The molecule has 0 bridgehead atoms. The summed E-state index contributed by atoms with van der Waals surface area (Å²) < 4.78 is 0. The molecule has 4 N–H and O–H groups in total. The normalized spacial score (nSPS) is 14.1. The summed E-state index contributed by atoms with van der Waals surface area (Å²) >= 11 is 0. The number of carboxylic acid groups (broad SMARTS) is 2. The number of carbonyl (C=O) groups excluding carboxylic acids is 2. The van der Waals surface area contributed by atoms with E-state index < -0.39 is 35.8 Å². The van der Waals surface area contributed by atoms with Crippen molar-refractivity contribution in [2.75, 3.05) is 0 Å². The Bertz CT molecular complexity index is 674. The summed E-state index contributed by atoms with van der Waals surface area (Å²) in [5, 5.41) is 22.9. The summed E-state index contributed by atoms with van der Waals surface area (Å²) in [7, 11) is 0. The Morgan fingerprint density at radius 1 is 0.926 bits per heavy atom. The lowest BCUT2D eigenvalue weighted by molar-refractivity contribution is -0.143. The maximum atomic E-state index is 12.5. The van der Waals surface area contributed by atoms with E-state index in [-0.39, 0.29) is 24.7 Å². The molecule has 0 heterocycles. The van der Waals surface area contributed by atoms with Gasteiger partial charge >= 0.3 is 11.9 Å². The molecule has 1 aromatic carbocycles. The number of hydrogen-bond acceptors (Lipinski definition) is 4. The van der Waals surface area contributed by atoms with Gasteiger partial charge in [-0.05, 0) is 24.8 Å². The molecule has 0 fully saturated rings. The number of nitrogens with one attached hydrogen (secondary N) is 2. The second-order valence-electron chi connectivity index (χ2n) is 6.69. The standard InChI is InChI=1S/C19H26N2O6/c1-11(2)16(18(25)20-14(19(26)27)9-10-15(22)23)21-17(24)12(3)13-7-5-4-6-8-13/h4-8,11-12,14,16H,9-10H2,1-3H3,(H,20,25)(H,21,24)(H,22,23)(H,26,27)/t12-,14-,16+/m1/s1. The van der Waals surface area contributed by atoms with E-state index in [1.807, 2.05) is 18.2 Å². The van der Waals surface area contributed by atoms with E-state index >= 15 is 0 Å². The molecule has 3 atom stereocenters. The summed E-state index contributed by atoms with van der Waals surface area (Å²) in [5.74, 6) is -4.26. The lowest BCUT2D eigenvalue weighted by Crippen LogP contribution is -2.54. The van der Waals surface area contributed by atoms with Gasteiger partial charge in [-0.1, -0.05) is 44.2 Å². The van der Waals surface area contributed by atoms with Crippen LogP contribution in [0.4, 0.5) is 0 Å². The van der Waals surface area contributed by atoms with Gasteiger partial charge in [-0.2, -0.15) is 0 Å². The average molecular weight is 378 g/mol. The smallest absolute Gasteiger partial charge is 0.326 e. The Morgan fingerprint density at radius 2 is 1.52 bits per heavy atom. The van der Waals surface area contributed by atoms with Crippen molar-refractivity contribution in [1.29, 1.82) is 0 Å². The predicted molar refractivity (Wildman–Crippen MR) is 98.1 cm³/mol. The lowest BCUT2D eigenvalue weighted by Gasteiger charge is -2.25. The third-order valence-corrected chi connectivity index (χ3v) is 4.20. The van der Waals surface area contributed by atoms with Gasteiger partial charge in [0, 0.05) is 6.42 Å². The maximum absolute atomic E-state index is 12.5. The van der Waals surface area contributed by atoms with Crippen molar-refractivity contribution in [2.24, 2.45) is 5.92 Å². The molecule has 0 unspecified atom stereocenters. The summed E-state index contributed by atoms with van der Waals surface area (Å²) in [6, 6.07) is 6.80. The Labute approximate surface area is 158 Å². The molecule has 0 aliphatic heterocycles. The molecule has 0 saturated heterocycles. The predicted octanol–water partition coefficient (Wildman–Crippen LogP) is 1.37. The van der Waals surface area contributed by atoms with Crippen LogP contribution >= 0.6 is 0 Å². The molecular weight excluding hydrogens is 352 g/mol. The first-order valence-corrected chi connectivity index (χ1v) is 8.73. The van der Waals surface area contributed by atoms with Crippen molar-refractivity contribution in [3.63, 3.8) is 0 Å². The van der Waals surface area contributed by atoms with E-state index in [4.69, 9.17) is 5.11 Å². The van der Waals surface area contributed by atoms with Gasteiger partial charge < -0.3 is 20.8 Å². The summed E-state index contributed by atoms with van der Waals surface area (Å²) in [4.78, 5) is 46.9. The number of carbonyl (C=O) groups is 4. The molecule has 8 heteroatoms. The van der Waals surface area contributed by atoms with E-state index in [1.165, 1.54) is 0 Å². The zero-order valence-corrected chi connectivity index (χ0v) is 15.6. The Hall–Kier alpha value is -2.90. The van der Waals surface area contributed by atoms with Crippen LogP contribution in [-0.2, 0) is 19.2 Å². The van der Waals surface area contributed by atoms with Crippen LogP contribution in [0.5, 0.6) is 0 Å². The minimum atomic E-state index is -1.33. The monoisotopic (exact) mass is 378 g/mol. The molecule has 0 saturated carbocycles. The van der Waals surface area contributed by atoms with Crippen molar-refractivity contribution in [1.82, 2.24) is 10.6 Å². The molecule has 148 valence electrons. The van der Waals surface area contributed by atoms with Crippen molar-refractivity contribution in [3.8, 4) is 0 Å². The van der Waals surface area contributed by atoms with Crippen molar-refractivity contribution in [2.45, 2.75) is 51.6 Å². The van der Waals surface area contributed by atoms with Crippen molar-refractivity contribution < 1.29 is 29.4 Å². The quantitative estimate of drug-likeness (QED) is 0.486. The van der Waals surface area contributed by atoms with Gasteiger partial charge in [-0.15, -0.1) is 0 Å². The third-order valence-electron chi connectivity index (χ3n) is 4.20. The van der Waals surface area contributed by atoms with Crippen LogP contribution in [0.15, 0.2) is 30.3 Å². The third kappa shape index (κ3) is 7.08. The fourth-order valence-electron chi connectivity index (χ4n) is 2.49. The number of rotatable bonds is 10. The minimum Gasteiger partial charge on any atom is -0.481 e. The van der Waals surface area contributed by atoms with E-state index in [9.17, 15) is 24.3 Å². The fourth-order valence-corrected chi connectivity index (χ4v) is 2.49. The van der Waals surface area contributed by atoms with Crippen LogP contribution in [-0.4, -0.2) is 46.0 Å². The largest absolute Gasteiger partial charge is 0.481 e. The second kappa shape index (κ2) is 10.3. The number of hydrogen-bond donors (Lipinski definition) is 4. The highest BCUT2D eigenvalue weighted by molar-refractivity contribution is 5.92. The van der Waals surface area contributed by atoms with Gasteiger partial charge in [0.2, 0.25) is 11.8 Å². The Balaban J connectivity index is 2.81. The van der Waals surface area contributed by atoms with Crippen LogP contribution in [0.25, 0.3) is 0 Å². The van der Waals surface area contributed by atoms with Crippen LogP contribution < -0.4 is 10.6 Å². The number of aliphatic carboxylic acids is 2. The van der Waals surface area contributed by atoms with Crippen LogP contribution in [0.3, 0.4) is 0 Å². The molecule has 8 nitrogen and oxygen atoms in total. The average Bonchev–Trinajstić information content (AvgIpc) is 2.62. The van der Waals surface area contributed by atoms with E-state index in [0.29, 0.717) is 0 Å². The Kier molecular flexibility index (Phi) is 8.44. The summed E-state index contributed by atoms with van der Waals surface area (Å²) in [6.07, 6.45) is -0.628. The molecule has 2 amide bonds. The highest BCUT2D eigenvalue weighted by Crippen LogP contribution is 2.16. The van der Waals surface area contributed by atoms with Gasteiger partial charge in [-0.3, -0.25) is 14.4 Å². The summed E-state index contributed by atoms with van der Waals surface area (Å²) in [5.41, 5.74) is 0.794. The van der Waals surface area contributed by atoms with E-state index in [1.54, 1.807) is 32.9 Å². The highest BCUT2D eigenvalue weighted by Gasteiger charge is 2.30. The molecule has 0 spiro atoms. The SMILES string of the molecule is CC(C)[C@H](NC(=O)[C@H](C)c1ccccc1)C(=O)N[C@H](CCC(=O)O)C(=O)O. The first-order chi connectivity index (χ1) is 12.6. The van der Waals surface area contributed by atoms with E-state index in [0.717, 1.165) is 5.56 Å². The topological polar surface area (TPSA) is 133 Å². The molecule has 0 aliphatic rings. The molecule has 0 aromatic heterocycles. The first-order valence-electron chi connectivity index (χ1n) is 8.73.